The van der Waals surface area contributed by atoms with Gasteiger partial charge in [-0.15, -0.1) is 0 Å². The fraction of sp³-hybridized carbons (Fsp3) is 0. The van der Waals surface area contributed by atoms with Crippen molar-refractivity contribution < 1.29 is 8.78 Å². The molecule has 2 rings (SSSR count). The van der Waals surface area contributed by atoms with Gasteiger partial charge in [0.2, 0.25) is 0 Å². The minimum absolute atomic E-state index is 0.286. The molecule has 0 atom stereocenters. The first-order chi connectivity index (χ1) is 7.70. The standard InChI is InChI=1S/C12H6F2N2/c13-10-2-1-8(5-15)12(4-10)9-3-11(14)7-16-6-9/h1-4,6-7H. The molecule has 0 aliphatic carbocycles. The molecule has 1 aromatic heterocycles. The van der Waals surface area contributed by atoms with Crippen molar-refractivity contribution in [3.63, 3.8) is 0 Å². The Bertz CT molecular complexity index is 573. The van der Waals surface area contributed by atoms with E-state index in [1.807, 2.05) is 6.07 Å². The van der Waals surface area contributed by atoms with Crippen LogP contribution in [-0.2, 0) is 0 Å². The molecule has 0 saturated heterocycles. The molecule has 1 heterocycles. The Kier molecular flexibility index (Phi) is 2.61. The average molecular weight is 216 g/mol. The Morgan fingerprint density at radius 3 is 2.56 bits per heavy atom. The van der Waals surface area contributed by atoms with Gasteiger partial charge in [0.25, 0.3) is 0 Å². The van der Waals surface area contributed by atoms with Gasteiger partial charge in [-0.25, -0.2) is 8.78 Å². The molecule has 0 bridgehead atoms. The van der Waals surface area contributed by atoms with Gasteiger partial charge in [0.1, 0.15) is 11.6 Å². The molecule has 0 saturated carbocycles. The summed E-state index contributed by atoms with van der Waals surface area (Å²) in [5.74, 6) is -0.996. The average Bonchev–Trinajstić information content (AvgIpc) is 2.29. The number of halogens is 2. The highest BCUT2D eigenvalue weighted by molar-refractivity contribution is 5.69. The Hall–Kier alpha value is -2.28. The van der Waals surface area contributed by atoms with Gasteiger partial charge in [0, 0.05) is 17.3 Å². The van der Waals surface area contributed by atoms with Crippen LogP contribution in [0.25, 0.3) is 11.1 Å². The van der Waals surface area contributed by atoms with E-state index < -0.39 is 11.6 Å². The molecule has 0 radical (unpaired) electrons. The summed E-state index contributed by atoms with van der Waals surface area (Å²) in [4.78, 5) is 3.66. The zero-order valence-corrected chi connectivity index (χ0v) is 8.11. The Morgan fingerprint density at radius 1 is 1.06 bits per heavy atom. The highest BCUT2D eigenvalue weighted by Crippen LogP contribution is 2.24. The number of nitrogens with zero attached hydrogens (tertiary/aromatic N) is 2. The molecule has 1 aromatic carbocycles. The number of hydrogen-bond donors (Lipinski definition) is 0. The van der Waals surface area contributed by atoms with Crippen LogP contribution in [-0.4, -0.2) is 4.98 Å². The van der Waals surface area contributed by atoms with Gasteiger partial charge < -0.3 is 0 Å². The van der Waals surface area contributed by atoms with Crippen molar-refractivity contribution in [2.24, 2.45) is 0 Å². The number of nitriles is 1. The summed E-state index contributed by atoms with van der Waals surface area (Å²) >= 11 is 0. The molecule has 0 fully saturated rings. The Balaban J connectivity index is 2.64. The lowest BCUT2D eigenvalue weighted by molar-refractivity contribution is 0.621. The molecule has 2 aromatic rings. The molecule has 16 heavy (non-hydrogen) atoms. The van der Waals surface area contributed by atoms with E-state index in [0.29, 0.717) is 11.1 Å². The van der Waals surface area contributed by atoms with Gasteiger partial charge in [-0.1, -0.05) is 0 Å². The SMILES string of the molecule is N#Cc1ccc(F)cc1-c1cncc(F)c1. The lowest BCUT2D eigenvalue weighted by atomic mass is 10.0. The third kappa shape index (κ3) is 1.89. The van der Waals surface area contributed by atoms with E-state index in [1.54, 1.807) is 0 Å². The first kappa shape index (κ1) is 10.2. The molecule has 0 N–H and O–H groups in total. The van der Waals surface area contributed by atoms with E-state index in [1.165, 1.54) is 30.5 Å². The van der Waals surface area contributed by atoms with Gasteiger partial charge in [0.15, 0.2) is 0 Å². The fourth-order valence-corrected chi connectivity index (χ4v) is 1.41. The van der Waals surface area contributed by atoms with Gasteiger partial charge in [-0.3, -0.25) is 4.98 Å². The summed E-state index contributed by atoms with van der Waals surface area (Å²) in [7, 11) is 0. The monoisotopic (exact) mass is 216 g/mol. The van der Waals surface area contributed by atoms with Crippen LogP contribution in [0.1, 0.15) is 5.56 Å². The van der Waals surface area contributed by atoms with E-state index in [-0.39, 0.29) is 5.56 Å². The normalized spacial score (nSPS) is 9.81. The van der Waals surface area contributed by atoms with Crippen molar-refractivity contribution >= 4 is 0 Å². The van der Waals surface area contributed by atoms with Crippen LogP contribution < -0.4 is 0 Å². The van der Waals surface area contributed by atoms with E-state index in [9.17, 15) is 8.78 Å². The van der Waals surface area contributed by atoms with Crippen LogP contribution in [0.2, 0.25) is 0 Å². The Labute approximate surface area is 90.8 Å². The zero-order valence-electron chi connectivity index (χ0n) is 8.11. The van der Waals surface area contributed by atoms with Crippen molar-refractivity contribution in [3.8, 4) is 17.2 Å². The highest BCUT2D eigenvalue weighted by atomic mass is 19.1. The molecule has 2 nitrogen and oxygen atoms in total. The van der Waals surface area contributed by atoms with Gasteiger partial charge >= 0.3 is 0 Å². The van der Waals surface area contributed by atoms with Crippen LogP contribution in [0.15, 0.2) is 36.7 Å². The van der Waals surface area contributed by atoms with E-state index in [4.69, 9.17) is 5.26 Å². The van der Waals surface area contributed by atoms with Crippen molar-refractivity contribution in [1.82, 2.24) is 4.98 Å². The predicted molar refractivity (Wildman–Crippen MR) is 54.3 cm³/mol. The maximum Gasteiger partial charge on any atom is 0.142 e. The van der Waals surface area contributed by atoms with Gasteiger partial charge in [-0.2, -0.15) is 5.26 Å². The minimum Gasteiger partial charge on any atom is -0.261 e. The summed E-state index contributed by atoms with van der Waals surface area (Å²) in [5, 5.41) is 8.85. The molecule has 78 valence electrons. The van der Waals surface area contributed by atoms with Crippen LogP contribution >= 0.6 is 0 Å². The van der Waals surface area contributed by atoms with Crippen molar-refractivity contribution in [2.45, 2.75) is 0 Å². The maximum absolute atomic E-state index is 13.0. The Morgan fingerprint density at radius 2 is 1.88 bits per heavy atom. The van der Waals surface area contributed by atoms with E-state index in [2.05, 4.69) is 4.98 Å². The quantitative estimate of drug-likeness (QED) is 0.734. The molecular formula is C12H6F2N2. The summed E-state index contributed by atoms with van der Waals surface area (Å²) in [6.45, 7) is 0. The van der Waals surface area contributed by atoms with Gasteiger partial charge in [-0.05, 0) is 24.3 Å². The lowest BCUT2D eigenvalue weighted by Crippen LogP contribution is -1.88. The second-order valence-electron chi connectivity index (χ2n) is 3.19. The summed E-state index contributed by atoms with van der Waals surface area (Å²) in [6.07, 6.45) is 2.44. The molecule has 0 unspecified atom stereocenters. The smallest absolute Gasteiger partial charge is 0.142 e. The third-order valence-electron chi connectivity index (χ3n) is 2.12. The summed E-state index contributed by atoms with van der Waals surface area (Å²) in [5.41, 5.74) is 1.01. The maximum atomic E-state index is 13.0. The summed E-state index contributed by atoms with van der Waals surface area (Å²) in [6, 6.07) is 6.87. The fourth-order valence-electron chi connectivity index (χ4n) is 1.41. The second-order valence-corrected chi connectivity index (χ2v) is 3.19. The van der Waals surface area contributed by atoms with E-state index in [0.717, 1.165) is 6.20 Å². The van der Waals surface area contributed by atoms with E-state index >= 15 is 0 Å². The molecule has 4 heteroatoms. The number of pyridine rings is 1. The molecule has 0 amide bonds. The first-order valence-electron chi connectivity index (χ1n) is 4.51. The van der Waals surface area contributed by atoms with Crippen molar-refractivity contribution in [1.29, 1.82) is 5.26 Å². The second kappa shape index (κ2) is 4.07. The number of rotatable bonds is 1. The number of aromatic nitrogens is 1. The van der Waals surface area contributed by atoms with Crippen LogP contribution in [0.5, 0.6) is 0 Å². The topological polar surface area (TPSA) is 36.7 Å². The number of benzene rings is 1. The molecule has 0 aliphatic heterocycles. The number of hydrogen-bond acceptors (Lipinski definition) is 2. The zero-order chi connectivity index (χ0) is 11.5. The minimum atomic E-state index is -0.523. The van der Waals surface area contributed by atoms with Crippen LogP contribution in [0.3, 0.4) is 0 Å². The largest absolute Gasteiger partial charge is 0.261 e. The predicted octanol–water partition coefficient (Wildman–Crippen LogP) is 2.90. The molecule has 0 aliphatic rings. The van der Waals surface area contributed by atoms with Crippen LogP contribution in [0, 0.1) is 23.0 Å². The van der Waals surface area contributed by atoms with Gasteiger partial charge in [0.05, 0.1) is 17.8 Å². The third-order valence-corrected chi connectivity index (χ3v) is 2.12. The molecule has 0 spiro atoms. The highest BCUT2D eigenvalue weighted by Gasteiger charge is 2.07. The molecular weight excluding hydrogens is 210 g/mol. The van der Waals surface area contributed by atoms with Crippen LogP contribution in [0.4, 0.5) is 8.78 Å². The van der Waals surface area contributed by atoms with Crippen molar-refractivity contribution in [3.05, 3.63) is 53.9 Å². The van der Waals surface area contributed by atoms with Crippen molar-refractivity contribution in [2.75, 3.05) is 0 Å². The first-order valence-corrected chi connectivity index (χ1v) is 4.51. The lowest BCUT2D eigenvalue weighted by Gasteiger charge is -2.03. The summed E-state index contributed by atoms with van der Waals surface area (Å²) < 4.78 is 26.0.